The molecule has 0 unspecified atom stereocenters. The molecule has 1 amide bonds. The van der Waals surface area contributed by atoms with Gasteiger partial charge in [-0.3, -0.25) is 9.78 Å². The number of ether oxygens (including phenoxy) is 1. The highest BCUT2D eigenvalue weighted by Gasteiger charge is 2.43. The molecule has 1 aliphatic heterocycles. The summed E-state index contributed by atoms with van der Waals surface area (Å²) in [6.07, 6.45) is 3.69. The summed E-state index contributed by atoms with van der Waals surface area (Å²) in [5, 5.41) is 2.59. The molecule has 2 aliphatic rings. The van der Waals surface area contributed by atoms with Crippen molar-refractivity contribution in [1.82, 2.24) is 4.98 Å². The van der Waals surface area contributed by atoms with Crippen LogP contribution in [0.3, 0.4) is 0 Å². The Balaban J connectivity index is 0.00000253. The summed E-state index contributed by atoms with van der Waals surface area (Å²) in [6.45, 7) is 5.03. The fraction of sp³-hybridized carbons (Fsp3) is 0.385. The molecule has 12 heteroatoms. The zero-order valence-electron chi connectivity index (χ0n) is 20.8. The van der Waals surface area contributed by atoms with E-state index in [1.165, 1.54) is 18.3 Å². The number of nitrogens with two attached hydrogens (primary N) is 1. The molecule has 0 bridgehead atoms. The van der Waals surface area contributed by atoms with Crippen LogP contribution in [0.5, 0.6) is 5.75 Å². The number of allylic oxidation sites excluding steroid dienone is 2. The van der Waals surface area contributed by atoms with Crippen LogP contribution in [0.4, 0.5) is 28.9 Å². The number of nitrogens with zero attached hydrogens (tertiary/aromatic N) is 2. The standard InChI is InChI=1S/C26H28F4N4O2.2ClH/c1-3-36-21-6-4-5-17(23(21)27)22-24(28)18(7-9-26(22,29)30)25(35)33-19-12-32-10-8-20(19)34-13-15(2)11-16(31)14-34;;/h4-8,10,12,15-16H,3,9,11,13-14,31H2,1-2H3,(H,33,35);2*1H/t15-,16+;;/m1../s1. The lowest BCUT2D eigenvalue weighted by atomic mass is 9.88. The van der Waals surface area contributed by atoms with E-state index in [-0.39, 0.29) is 43.2 Å². The molecule has 3 N–H and O–H groups in total. The third-order valence-electron chi connectivity index (χ3n) is 6.24. The smallest absolute Gasteiger partial charge is 0.280 e. The minimum absolute atomic E-state index is 0. The molecule has 2 heterocycles. The molecule has 6 nitrogen and oxygen atoms in total. The van der Waals surface area contributed by atoms with Gasteiger partial charge in [0.15, 0.2) is 11.6 Å². The highest BCUT2D eigenvalue weighted by Crippen LogP contribution is 2.46. The van der Waals surface area contributed by atoms with Crippen molar-refractivity contribution in [2.45, 2.75) is 38.7 Å². The van der Waals surface area contributed by atoms with Gasteiger partial charge in [-0.25, -0.2) is 17.6 Å². The number of piperidine rings is 1. The van der Waals surface area contributed by atoms with Crippen LogP contribution in [0.1, 0.15) is 32.3 Å². The Morgan fingerprint density at radius 3 is 2.66 bits per heavy atom. The average molecular weight is 577 g/mol. The van der Waals surface area contributed by atoms with E-state index in [1.54, 1.807) is 19.2 Å². The quantitative estimate of drug-likeness (QED) is 0.417. The van der Waals surface area contributed by atoms with Crippen LogP contribution in [0, 0.1) is 11.7 Å². The first kappa shape index (κ1) is 31.4. The minimum Gasteiger partial charge on any atom is -0.491 e. The molecule has 1 aromatic carbocycles. The Kier molecular flexibility index (Phi) is 10.6. The van der Waals surface area contributed by atoms with Crippen LogP contribution in [0.25, 0.3) is 5.57 Å². The Bertz CT molecular complexity index is 1220. The maximum absolute atomic E-state index is 15.5. The number of anilines is 2. The first-order valence-corrected chi connectivity index (χ1v) is 11.8. The van der Waals surface area contributed by atoms with E-state index < -0.39 is 46.6 Å². The van der Waals surface area contributed by atoms with Crippen molar-refractivity contribution in [2.24, 2.45) is 11.7 Å². The molecule has 208 valence electrons. The number of nitrogens with one attached hydrogen (secondary N) is 1. The number of carbonyl (C=O) groups is 1. The van der Waals surface area contributed by atoms with Gasteiger partial charge in [-0.1, -0.05) is 25.1 Å². The van der Waals surface area contributed by atoms with Crippen LogP contribution in [-0.2, 0) is 4.79 Å². The van der Waals surface area contributed by atoms with Crippen molar-refractivity contribution < 1.29 is 27.1 Å². The Morgan fingerprint density at radius 1 is 1.24 bits per heavy atom. The lowest BCUT2D eigenvalue weighted by molar-refractivity contribution is -0.112. The molecule has 1 aliphatic carbocycles. The summed E-state index contributed by atoms with van der Waals surface area (Å²) >= 11 is 0. The van der Waals surface area contributed by atoms with Crippen molar-refractivity contribution in [3.05, 3.63) is 65.5 Å². The van der Waals surface area contributed by atoms with E-state index in [4.69, 9.17) is 10.5 Å². The minimum atomic E-state index is -3.72. The zero-order chi connectivity index (χ0) is 26.0. The van der Waals surface area contributed by atoms with Crippen molar-refractivity contribution >= 4 is 47.7 Å². The van der Waals surface area contributed by atoms with Gasteiger partial charge < -0.3 is 20.7 Å². The molecule has 0 radical (unpaired) electrons. The van der Waals surface area contributed by atoms with E-state index in [0.29, 0.717) is 30.4 Å². The van der Waals surface area contributed by atoms with Gasteiger partial charge in [0.1, 0.15) is 5.83 Å². The summed E-state index contributed by atoms with van der Waals surface area (Å²) in [5.74, 6) is -7.23. The van der Waals surface area contributed by atoms with Gasteiger partial charge in [0.25, 0.3) is 11.8 Å². The van der Waals surface area contributed by atoms with Gasteiger partial charge in [0, 0.05) is 37.3 Å². The van der Waals surface area contributed by atoms with E-state index in [2.05, 4.69) is 17.2 Å². The van der Waals surface area contributed by atoms with E-state index >= 15 is 4.39 Å². The second-order valence-corrected chi connectivity index (χ2v) is 9.12. The summed E-state index contributed by atoms with van der Waals surface area (Å²) in [7, 11) is 0. The first-order chi connectivity index (χ1) is 17.1. The largest absolute Gasteiger partial charge is 0.491 e. The summed E-state index contributed by atoms with van der Waals surface area (Å²) in [5.41, 5.74) is 4.65. The predicted molar refractivity (Wildman–Crippen MR) is 145 cm³/mol. The molecule has 4 rings (SSSR count). The molecule has 1 saturated heterocycles. The van der Waals surface area contributed by atoms with Gasteiger partial charge >= 0.3 is 0 Å². The second-order valence-electron chi connectivity index (χ2n) is 9.12. The summed E-state index contributed by atoms with van der Waals surface area (Å²) in [6, 6.07) is 5.25. The molecule has 1 fully saturated rings. The van der Waals surface area contributed by atoms with Gasteiger partial charge in [-0.15, -0.1) is 24.8 Å². The number of hydrogen-bond donors (Lipinski definition) is 2. The fourth-order valence-corrected chi connectivity index (χ4v) is 4.74. The zero-order valence-corrected chi connectivity index (χ0v) is 22.5. The second kappa shape index (κ2) is 12.8. The number of benzene rings is 1. The third-order valence-corrected chi connectivity index (χ3v) is 6.24. The SMILES string of the molecule is CCOc1cccc(C2=C(F)C(C(=O)Nc3cnccc3N3C[C@H](C)C[C@H](N)C3)=CCC2(F)F)c1F.Cl.Cl. The number of amides is 1. The van der Waals surface area contributed by atoms with Crippen molar-refractivity contribution in [3.8, 4) is 5.75 Å². The molecule has 38 heavy (non-hydrogen) atoms. The van der Waals surface area contributed by atoms with Gasteiger partial charge in [-0.05, 0) is 31.4 Å². The lowest BCUT2D eigenvalue weighted by Gasteiger charge is -2.37. The number of carbonyl (C=O) groups excluding carboxylic acids is 1. The monoisotopic (exact) mass is 576 g/mol. The highest BCUT2D eigenvalue weighted by molar-refractivity contribution is 6.10. The molecule has 0 saturated carbocycles. The molecule has 0 spiro atoms. The lowest BCUT2D eigenvalue weighted by Crippen LogP contribution is -2.46. The number of rotatable bonds is 6. The van der Waals surface area contributed by atoms with Gasteiger partial charge in [0.05, 0.1) is 35.3 Å². The third kappa shape index (κ3) is 6.42. The molecular formula is C26H30Cl2F4N4O2. The van der Waals surface area contributed by atoms with E-state index in [9.17, 15) is 18.0 Å². The Hall–Kier alpha value is -2.82. The van der Waals surface area contributed by atoms with Crippen LogP contribution < -0.4 is 20.7 Å². The normalized spacial score (nSPS) is 20.6. The average Bonchev–Trinajstić information content (AvgIpc) is 2.81. The van der Waals surface area contributed by atoms with Crippen molar-refractivity contribution in [2.75, 3.05) is 29.9 Å². The molecule has 1 aromatic heterocycles. The molecule has 2 atom stereocenters. The molecular weight excluding hydrogens is 547 g/mol. The van der Waals surface area contributed by atoms with Crippen molar-refractivity contribution in [3.63, 3.8) is 0 Å². The first-order valence-electron chi connectivity index (χ1n) is 11.8. The fourth-order valence-electron chi connectivity index (χ4n) is 4.74. The number of alkyl halides is 2. The van der Waals surface area contributed by atoms with E-state index in [1.807, 2.05) is 4.90 Å². The van der Waals surface area contributed by atoms with Crippen LogP contribution in [0.2, 0.25) is 0 Å². The van der Waals surface area contributed by atoms with Crippen molar-refractivity contribution in [1.29, 1.82) is 0 Å². The van der Waals surface area contributed by atoms with Crippen LogP contribution in [-0.4, -0.2) is 42.6 Å². The summed E-state index contributed by atoms with van der Waals surface area (Å²) in [4.78, 5) is 19.1. The highest BCUT2D eigenvalue weighted by atomic mass is 35.5. The maximum Gasteiger partial charge on any atom is 0.280 e. The van der Waals surface area contributed by atoms with Crippen LogP contribution >= 0.6 is 24.8 Å². The maximum atomic E-state index is 15.5. The van der Waals surface area contributed by atoms with Gasteiger partial charge in [0.2, 0.25) is 0 Å². The number of hydrogen-bond acceptors (Lipinski definition) is 5. The molecule has 2 aromatic rings. The Labute approximate surface area is 231 Å². The van der Waals surface area contributed by atoms with Gasteiger partial charge in [-0.2, -0.15) is 0 Å². The number of aromatic nitrogens is 1. The topological polar surface area (TPSA) is 80.5 Å². The Morgan fingerprint density at radius 2 is 1.97 bits per heavy atom. The number of pyridine rings is 1. The van der Waals surface area contributed by atoms with Crippen LogP contribution in [0.15, 0.2) is 54.1 Å². The summed E-state index contributed by atoms with van der Waals surface area (Å²) < 4.78 is 65.3. The van der Waals surface area contributed by atoms with E-state index in [0.717, 1.165) is 18.6 Å². The number of halogens is 6. The predicted octanol–water partition coefficient (Wildman–Crippen LogP) is 5.92.